The minimum atomic E-state index is -0.809. The normalized spacial score (nSPS) is 29.3. The Morgan fingerprint density at radius 1 is 0.923 bits per heavy atom. The van der Waals surface area contributed by atoms with Crippen LogP contribution in [0.2, 0.25) is 24.7 Å². The van der Waals surface area contributed by atoms with E-state index in [2.05, 4.69) is 20.0 Å². The quantitative estimate of drug-likeness (QED) is 0.549. The van der Waals surface area contributed by atoms with Crippen molar-refractivity contribution in [2.45, 2.75) is 70.1 Å². The predicted octanol–water partition coefficient (Wildman–Crippen LogP) is 3.79. The molecule has 0 saturated carbocycles. The second-order valence-corrected chi connectivity index (χ2v) is 10.7. The Morgan fingerprint density at radius 2 is 1.46 bits per heavy atom. The molecule has 1 heterocycles. The average Bonchev–Trinajstić information content (AvgIpc) is 2.06. The molecule has 1 atom stereocenters. The summed E-state index contributed by atoms with van der Waals surface area (Å²) >= 11 is 0. The van der Waals surface area contributed by atoms with Gasteiger partial charge in [0.25, 0.3) is 0 Å². The second kappa shape index (κ2) is 7.18. The van der Waals surface area contributed by atoms with Crippen LogP contribution in [0.5, 0.6) is 0 Å². The number of rotatable bonds is 0. The van der Waals surface area contributed by atoms with E-state index in [1.54, 1.807) is 6.04 Å². The first-order chi connectivity index (χ1) is 5.63. The summed E-state index contributed by atoms with van der Waals surface area (Å²) in [4.78, 5) is 0. The van der Waals surface area contributed by atoms with E-state index in [4.69, 9.17) is 0 Å². The molecule has 1 saturated heterocycles. The van der Waals surface area contributed by atoms with Gasteiger partial charge in [-0.25, -0.2) is 0 Å². The summed E-state index contributed by atoms with van der Waals surface area (Å²) in [6, 6.07) is 1.58. The molecule has 0 aromatic heterocycles. The van der Waals surface area contributed by atoms with Crippen LogP contribution in [-0.2, 0) is 0 Å². The van der Waals surface area contributed by atoms with Gasteiger partial charge in [-0.05, 0) is 5.54 Å². The fraction of sp³-hybridized carbons (Fsp3) is 1.00. The van der Waals surface area contributed by atoms with Gasteiger partial charge in [0.1, 0.15) is 0 Å². The molecule has 1 rings (SSSR count). The first kappa shape index (κ1) is 14.9. The van der Waals surface area contributed by atoms with Crippen molar-refractivity contribution in [2.24, 2.45) is 0 Å². The van der Waals surface area contributed by atoms with Crippen molar-refractivity contribution in [3.8, 4) is 0 Å². The van der Waals surface area contributed by atoms with Crippen LogP contribution in [0.4, 0.5) is 0 Å². The van der Waals surface area contributed by atoms with Crippen LogP contribution in [0.1, 0.15) is 45.4 Å². The van der Waals surface area contributed by atoms with Crippen LogP contribution in [0.3, 0.4) is 0 Å². The molecule has 1 fully saturated rings. The van der Waals surface area contributed by atoms with Gasteiger partial charge in [-0.15, -0.1) is 0 Å². The number of hydrogen-bond acceptors (Lipinski definition) is 0. The van der Waals surface area contributed by atoms with E-state index in [1.165, 1.54) is 38.5 Å². The van der Waals surface area contributed by atoms with Gasteiger partial charge in [0.05, 0.1) is 8.07 Å². The van der Waals surface area contributed by atoms with Crippen LogP contribution in [0, 0.1) is 0 Å². The maximum atomic E-state index is 2.59. The molecule has 0 bridgehead atoms. The fourth-order valence-electron chi connectivity index (χ4n) is 2.20. The molecule has 13 heavy (non-hydrogen) atoms. The Balaban J connectivity index is 0.00000144. The van der Waals surface area contributed by atoms with E-state index in [0.29, 0.717) is 0 Å². The molecular formula is C11H25KSi. The van der Waals surface area contributed by atoms with Crippen molar-refractivity contribution in [1.29, 1.82) is 0 Å². The van der Waals surface area contributed by atoms with E-state index in [0.717, 1.165) is 5.54 Å². The zero-order valence-electron chi connectivity index (χ0n) is 9.03. The summed E-state index contributed by atoms with van der Waals surface area (Å²) in [6.45, 7) is 7.67. The Morgan fingerprint density at radius 3 is 2.15 bits per heavy atom. The van der Waals surface area contributed by atoms with E-state index in [9.17, 15) is 0 Å². The monoisotopic (exact) mass is 224 g/mol. The van der Waals surface area contributed by atoms with E-state index in [1.807, 2.05) is 0 Å². The van der Waals surface area contributed by atoms with Gasteiger partial charge in [-0.2, -0.15) is 0 Å². The Labute approximate surface area is 128 Å². The summed E-state index contributed by atoms with van der Waals surface area (Å²) in [5.41, 5.74) is 1.07. The van der Waals surface area contributed by atoms with Gasteiger partial charge in [0.15, 0.2) is 0 Å². The molecule has 0 amide bonds. The van der Waals surface area contributed by atoms with Crippen LogP contribution in [0.25, 0.3) is 0 Å². The van der Waals surface area contributed by atoms with Crippen molar-refractivity contribution in [3.05, 3.63) is 0 Å². The Kier molecular flexibility index (Phi) is 8.20. The zero-order chi connectivity index (χ0) is 9.03. The Bertz CT molecular complexity index is 134. The molecule has 74 valence electrons. The summed E-state index contributed by atoms with van der Waals surface area (Å²) in [7, 11) is -0.809. The molecular weight excluding hydrogens is 199 g/mol. The third-order valence-electron chi connectivity index (χ3n) is 3.79. The minimum absolute atomic E-state index is 0. The molecule has 0 aromatic carbocycles. The van der Waals surface area contributed by atoms with Gasteiger partial charge in [-0.1, -0.05) is 64.6 Å². The third-order valence-corrected chi connectivity index (χ3v) is 8.39. The molecule has 0 aromatic rings. The van der Waals surface area contributed by atoms with Crippen molar-refractivity contribution < 1.29 is 0 Å². The van der Waals surface area contributed by atoms with Crippen molar-refractivity contribution >= 4 is 59.5 Å². The van der Waals surface area contributed by atoms with E-state index < -0.39 is 8.07 Å². The van der Waals surface area contributed by atoms with Crippen molar-refractivity contribution in [1.82, 2.24) is 0 Å². The first-order valence-electron chi connectivity index (χ1n) is 5.63. The van der Waals surface area contributed by atoms with Gasteiger partial charge < -0.3 is 0 Å². The average molecular weight is 225 g/mol. The number of hydrogen-bond donors (Lipinski definition) is 0. The SMILES string of the molecule is CC1CCCCCCC[Si]1(C)C.[KH]. The topological polar surface area (TPSA) is 0 Å². The predicted molar refractivity (Wildman–Crippen MR) is 66.6 cm³/mol. The van der Waals surface area contributed by atoms with Gasteiger partial charge >= 0.3 is 51.4 Å². The van der Waals surface area contributed by atoms with Crippen molar-refractivity contribution in [2.75, 3.05) is 0 Å². The third kappa shape index (κ3) is 5.48. The maximum absolute atomic E-state index is 2.59. The Hall–Kier alpha value is 1.85. The molecule has 2 heteroatoms. The summed E-state index contributed by atoms with van der Waals surface area (Å²) < 4.78 is 0. The molecule has 0 aliphatic carbocycles. The van der Waals surface area contributed by atoms with Gasteiger partial charge in [0, 0.05) is 0 Å². The van der Waals surface area contributed by atoms with Gasteiger partial charge in [-0.3, -0.25) is 0 Å². The summed E-state index contributed by atoms with van der Waals surface area (Å²) in [5, 5.41) is 0. The molecule has 1 unspecified atom stereocenters. The van der Waals surface area contributed by atoms with Crippen LogP contribution in [0.15, 0.2) is 0 Å². The molecule has 0 spiro atoms. The summed E-state index contributed by atoms with van der Waals surface area (Å²) in [6.07, 6.45) is 9.02. The van der Waals surface area contributed by atoms with Gasteiger partial charge in [0.2, 0.25) is 0 Å². The standard InChI is InChI=1S/C11H24Si.K.H/c1-11-9-7-5-4-6-8-10-12(11,2)3;;/h11H,4-10H2,1-3H3;;. The molecule has 1 aliphatic heterocycles. The van der Waals surface area contributed by atoms with E-state index >= 15 is 0 Å². The second-order valence-electron chi connectivity index (χ2n) is 5.20. The molecule has 1 aliphatic rings. The molecule has 0 radical (unpaired) electrons. The first-order valence-corrected chi connectivity index (χ1v) is 8.91. The van der Waals surface area contributed by atoms with Crippen LogP contribution >= 0.6 is 0 Å². The summed E-state index contributed by atoms with van der Waals surface area (Å²) in [5.74, 6) is 0. The van der Waals surface area contributed by atoms with E-state index in [-0.39, 0.29) is 51.4 Å². The molecule has 0 N–H and O–H groups in total. The fourth-order valence-corrected chi connectivity index (χ4v) is 4.84. The van der Waals surface area contributed by atoms with Crippen LogP contribution in [-0.4, -0.2) is 59.5 Å². The van der Waals surface area contributed by atoms with Crippen LogP contribution < -0.4 is 0 Å². The molecule has 0 nitrogen and oxygen atoms in total. The van der Waals surface area contributed by atoms with Crippen molar-refractivity contribution in [3.63, 3.8) is 0 Å². The zero-order valence-corrected chi connectivity index (χ0v) is 10.0.